The molecule has 0 saturated heterocycles. The molecule has 2 amide bonds. The number of aliphatic hydroxyl groups is 1. The van der Waals surface area contributed by atoms with E-state index in [0.29, 0.717) is 13.0 Å². The molecule has 5 nitrogen and oxygen atoms in total. The molecule has 1 aromatic carbocycles. The molecule has 0 saturated carbocycles. The largest absolute Gasteiger partial charge is 0.488 e. The molecule has 2 atom stereocenters. The van der Waals surface area contributed by atoms with Crippen LogP contribution in [0.3, 0.4) is 0 Å². The van der Waals surface area contributed by atoms with Crippen LogP contribution in [0.5, 0.6) is 5.75 Å². The second-order valence-electron chi connectivity index (χ2n) is 5.30. The van der Waals surface area contributed by atoms with Crippen molar-refractivity contribution >= 4 is 6.03 Å². The van der Waals surface area contributed by atoms with E-state index in [0.717, 1.165) is 12.1 Å². The number of hydrogen-bond donors (Lipinski definition) is 2. The number of halogens is 2. The normalized spacial score (nSPS) is 13.4. The highest BCUT2D eigenvalue weighted by molar-refractivity contribution is 5.74. The van der Waals surface area contributed by atoms with Crippen LogP contribution in [0.15, 0.2) is 18.2 Å². The van der Waals surface area contributed by atoms with Gasteiger partial charge in [0.2, 0.25) is 0 Å². The van der Waals surface area contributed by atoms with Crippen LogP contribution in [0.4, 0.5) is 13.6 Å². The molecule has 0 bridgehead atoms. The molecule has 0 aromatic heterocycles. The molecular formula is C15H22F2N2O3. The highest BCUT2D eigenvalue weighted by atomic mass is 19.1. The topological polar surface area (TPSA) is 61.8 Å². The Hall–Kier alpha value is -1.89. The van der Waals surface area contributed by atoms with Crippen molar-refractivity contribution in [2.75, 3.05) is 20.2 Å². The maximum Gasteiger partial charge on any atom is 0.317 e. The summed E-state index contributed by atoms with van der Waals surface area (Å²) >= 11 is 0. The van der Waals surface area contributed by atoms with Gasteiger partial charge in [-0.15, -0.1) is 0 Å². The number of rotatable bonds is 7. The van der Waals surface area contributed by atoms with E-state index in [-0.39, 0.29) is 24.4 Å². The third-order valence-corrected chi connectivity index (χ3v) is 2.98. The van der Waals surface area contributed by atoms with Gasteiger partial charge in [-0.25, -0.2) is 13.6 Å². The van der Waals surface area contributed by atoms with Gasteiger partial charge in [-0.3, -0.25) is 0 Å². The average molecular weight is 316 g/mol. The predicted molar refractivity (Wildman–Crippen MR) is 78.8 cm³/mol. The van der Waals surface area contributed by atoms with Crippen molar-refractivity contribution in [3.8, 4) is 5.75 Å². The van der Waals surface area contributed by atoms with Crippen LogP contribution in [0.25, 0.3) is 0 Å². The highest BCUT2D eigenvalue weighted by Gasteiger charge is 2.14. The van der Waals surface area contributed by atoms with E-state index in [1.807, 2.05) is 0 Å². The summed E-state index contributed by atoms with van der Waals surface area (Å²) in [5.41, 5.74) is 0. The standard InChI is InChI=1S/C15H22F2N2O3/c1-10(18-15(21)19(3)7-6-11(2)20)9-22-14-5-4-12(16)8-13(14)17/h4-5,8,10-11,20H,6-7,9H2,1-3H3,(H,18,21). The van der Waals surface area contributed by atoms with Crippen molar-refractivity contribution in [2.24, 2.45) is 0 Å². The number of hydrogen-bond acceptors (Lipinski definition) is 3. The molecule has 22 heavy (non-hydrogen) atoms. The molecule has 0 spiro atoms. The monoisotopic (exact) mass is 316 g/mol. The first-order valence-corrected chi connectivity index (χ1v) is 7.07. The van der Waals surface area contributed by atoms with E-state index in [2.05, 4.69) is 5.32 Å². The fourth-order valence-electron chi connectivity index (χ4n) is 1.65. The average Bonchev–Trinajstić information content (AvgIpc) is 2.43. The van der Waals surface area contributed by atoms with Gasteiger partial charge in [0, 0.05) is 19.7 Å². The molecule has 0 radical (unpaired) electrons. The van der Waals surface area contributed by atoms with Crippen molar-refractivity contribution in [1.82, 2.24) is 10.2 Å². The number of urea groups is 1. The Labute approximate surface area is 128 Å². The fourth-order valence-corrected chi connectivity index (χ4v) is 1.65. The van der Waals surface area contributed by atoms with E-state index >= 15 is 0 Å². The third-order valence-electron chi connectivity index (χ3n) is 2.98. The van der Waals surface area contributed by atoms with E-state index in [1.165, 1.54) is 11.0 Å². The molecular weight excluding hydrogens is 294 g/mol. The summed E-state index contributed by atoms with van der Waals surface area (Å²) in [5.74, 6) is -1.52. The first-order chi connectivity index (χ1) is 10.3. The number of carbonyl (C=O) groups excluding carboxylic acids is 1. The minimum Gasteiger partial charge on any atom is -0.488 e. The van der Waals surface area contributed by atoms with Crippen LogP contribution in [0.1, 0.15) is 20.3 Å². The summed E-state index contributed by atoms with van der Waals surface area (Å²) in [6, 6.07) is 2.38. The number of aliphatic hydroxyl groups excluding tert-OH is 1. The van der Waals surface area contributed by atoms with E-state index in [1.54, 1.807) is 20.9 Å². The molecule has 0 aliphatic heterocycles. The zero-order chi connectivity index (χ0) is 16.7. The minimum atomic E-state index is -0.785. The Morgan fingerprint density at radius 3 is 2.68 bits per heavy atom. The lowest BCUT2D eigenvalue weighted by Gasteiger charge is -2.22. The van der Waals surface area contributed by atoms with Gasteiger partial charge >= 0.3 is 6.03 Å². The number of nitrogens with one attached hydrogen (secondary N) is 1. The van der Waals surface area contributed by atoms with Gasteiger partial charge in [0.1, 0.15) is 12.4 Å². The van der Waals surface area contributed by atoms with Crippen molar-refractivity contribution in [3.05, 3.63) is 29.8 Å². The Balaban J connectivity index is 2.39. The lowest BCUT2D eigenvalue weighted by atomic mass is 10.3. The van der Waals surface area contributed by atoms with Crippen LogP contribution in [0, 0.1) is 11.6 Å². The summed E-state index contributed by atoms with van der Waals surface area (Å²) in [6.45, 7) is 3.84. The van der Waals surface area contributed by atoms with Gasteiger partial charge in [-0.05, 0) is 32.4 Å². The Kier molecular flexibility index (Phi) is 7.04. The van der Waals surface area contributed by atoms with Gasteiger partial charge in [-0.1, -0.05) is 0 Å². The second kappa shape index (κ2) is 8.53. The Bertz CT molecular complexity index is 498. The molecule has 1 aromatic rings. The van der Waals surface area contributed by atoms with Gasteiger partial charge in [0.05, 0.1) is 12.1 Å². The molecule has 0 heterocycles. The molecule has 2 N–H and O–H groups in total. The fraction of sp³-hybridized carbons (Fsp3) is 0.533. The summed E-state index contributed by atoms with van der Waals surface area (Å²) in [7, 11) is 1.62. The lowest BCUT2D eigenvalue weighted by molar-refractivity contribution is 0.160. The second-order valence-corrected chi connectivity index (χ2v) is 5.30. The summed E-state index contributed by atoms with van der Waals surface area (Å²) < 4.78 is 31.4. The third kappa shape index (κ3) is 6.26. The quantitative estimate of drug-likeness (QED) is 0.810. The van der Waals surface area contributed by atoms with E-state index in [9.17, 15) is 18.7 Å². The molecule has 7 heteroatoms. The number of nitrogens with zero attached hydrogens (tertiary/aromatic N) is 1. The van der Waals surface area contributed by atoms with Gasteiger partial charge in [0.15, 0.2) is 11.6 Å². The SMILES string of the molecule is CC(O)CCN(C)C(=O)NC(C)COc1ccc(F)cc1F. The van der Waals surface area contributed by atoms with Gasteiger partial charge in [-0.2, -0.15) is 0 Å². The number of benzene rings is 1. The minimum absolute atomic E-state index is 0.0541. The maximum atomic E-state index is 13.4. The van der Waals surface area contributed by atoms with Crippen LogP contribution >= 0.6 is 0 Å². The van der Waals surface area contributed by atoms with Crippen molar-refractivity contribution in [1.29, 1.82) is 0 Å². The zero-order valence-corrected chi connectivity index (χ0v) is 13.0. The van der Waals surface area contributed by atoms with Crippen molar-refractivity contribution in [3.63, 3.8) is 0 Å². The summed E-state index contributed by atoms with van der Waals surface area (Å²) in [5, 5.41) is 11.9. The predicted octanol–water partition coefficient (Wildman–Crippen LogP) is 2.14. The molecule has 1 rings (SSSR count). The van der Waals surface area contributed by atoms with Crippen LogP contribution in [0.2, 0.25) is 0 Å². The number of carbonyl (C=O) groups is 1. The summed E-state index contributed by atoms with van der Waals surface area (Å²) in [4.78, 5) is 13.3. The van der Waals surface area contributed by atoms with Crippen LogP contribution in [-0.2, 0) is 0 Å². The maximum absolute atomic E-state index is 13.4. The van der Waals surface area contributed by atoms with Gasteiger partial charge < -0.3 is 20.1 Å². The summed E-state index contributed by atoms with van der Waals surface area (Å²) in [6.07, 6.45) is 0.00716. The van der Waals surface area contributed by atoms with Crippen LogP contribution in [-0.4, -0.2) is 48.4 Å². The smallest absolute Gasteiger partial charge is 0.317 e. The van der Waals surface area contributed by atoms with E-state index in [4.69, 9.17) is 4.74 Å². The molecule has 0 aliphatic rings. The van der Waals surface area contributed by atoms with Crippen LogP contribution < -0.4 is 10.1 Å². The Morgan fingerprint density at radius 1 is 1.41 bits per heavy atom. The van der Waals surface area contributed by atoms with Crippen molar-refractivity contribution in [2.45, 2.75) is 32.4 Å². The van der Waals surface area contributed by atoms with Gasteiger partial charge in [0.25, 0.3) is 0 Å². The highest BCUT2D eigenvalue weighted by Crippen LogP contribution is 2.17. The first-order valence-electron chi connectivity index (χ1n) is 7.07. The van der Waals surface area contributed by atoms with Crippen molar-refractivity contribution < 1.29 is 23.4 Å². The molecule has 0 fully saturated rings. The molecule has 124 valence electrons. The zero-order valence-electron chi connectivity index (χ0n) is 13.0. The molecule has 2 unspecified atom stereocenters. The molecule has 0 aliphatic carbocycles. The number of ether oxygens (including phenoxy) is 1. The lowest BCUT2D eigenvalue weighted by Crippen LogP contribution is -2.44. The first kappa shape index (κ1) is 18.2. The number of amides is 2. The Morgan fingerprint density at radius 2 is 2.09 bits per heavy atom. The van der Waals surface area contributed by atoms with E-state index < -0.39 is 17.7 Å².